The van der Waals surface area contributed by atoms with Gasteiger partial charge in [-0.25, -0.2) is 4.98 Å². The summed E-state index contributed by atoms with van der Waals surface area (Å²) in [6.45, 7) is 1.58. The lowest BCUT2D eigenvalue weighted by molar-refractivity contribution is -0.0272. The predicted molar refractivity (Wildman–Crippen MR) is 114 cm³/mol. The first-order valence-electron chi connectivity index (χ1n) is 9.94. The van der Waals surface area contributed by atoms with Crippen LogP contribution in [0.4, 0.5) is 4.39 Å². The number of alkyl halides is 1. The van der Waals surface area contributed by atoms with Gasteiger partial charge in [-0.3, -0.25) is 4.39 Å². The zero-order chi connectivity index (χ0) is 20.2. The van der Waals surface area contributed by atoms with Crippen LogP contribution in [0.5, 0.6) is 5.75 Å². The number of hydrogen-bond acceptors (Lipinski definition) is 5. The number of hydrogen-bond donors (Lipinski definition) is 2. The molecule has 4 rings (SSSR count). The van der Waals surface area contributed by atoms with E-state index < -0.39 is 6.10 Å². The molecule has 1 saturated heterocycles. The van der Waals surface area contributed by atoms with Gasteiger partial charge in [0.1, 0.15) is 17.7 Å². The number of nitrogens with zero attached hydrogens (tertiary/aromatic N) is 2. The fraction of sp³-hybridized carbons (Fsp3) is 0.409. The van der Waals surface area contributed by atoms with Gasteiger partial charge in [-0.1, -0.05) is 12.1 Å². The van der Waals surface area contributed by atoms with Crippen LogP contribution in [0.2, 0.25) is 0 Å². The van der Waals surface area contributed by atoms with E-state index in [0.29, 0.717) is 17.1 Å². The van der Waals surface area contributed by atoms with Crippen molar-refractivity contribution in [2.75, 3.05) is 32.6 Å². The first-order valence-corrected chi connectivity index (χ1v) is 10.9. The number of benzene rings is 2. The monoisotopic (exact) mass is 415 g/mol. The van der Waals surface area contributed by atoms with E-state index in [1.165, 1.54) is 11.8 Å². The minimum Gasteiger partial charge on any atom is -0.508 e. The van der Waals surface area contributed by atoms with Gasteiger partial charge in [-0.15, -0.1) is 11.8 Å². The standard InChI is InChI=1S/C22H26FN3O2S/c1-26-11-8-15(9-12-26)28-21(22-24-18-4-2-3-5-19(18)25-22)17-14-16(29-13-10-23)6-7-20(17)27/h2-7,14-15,21,27H,8-13H2,1H3,(H,24,25). The van der Waals surface area contributed by atoms with Crippen LogP contribution in [0.1, 0.15) is 30.3 Å². The molecule has 1 aromatic heterocycles. The Balaban J connectivity index is 1.69. The smallest absolute Gasteiger partial charge is 0.144 e. The number of halogens is 1. The molecule has 2 N–H and O–H groups in total. The molecule has 2 aromatic carbocycles. The van der Waals surface area contributed by atoms with E-state index in [2.05, 4.69) is 16.9 Å². The number of aromatic nitrogens is 2. The van der Waals surface area contributed by atoms with Crippen LogP contribution in [0, 0.1) is 0 Å². The van der Waals surface area contributed by atoms with Crippen LogP contribution in [-0.2, 0) is 4.74 Å². The second-order valence-electron chi connectivity index (χ2n) is 7.42. The van der Waals surface area contributed by atoms with Crippen LogP contribution < -0.4 is 0 Å². The molecule has 0 spiro atoms. The van der Waals surface area contributed by atoms with Crippen molar-refractivity contribution in [1.82, 2.24) is 14.9 Å². The molecular formula is C22H26FN3O2S. The molecule has 0 amide bonds. The van der Waals surface area contributed by atoms with Gasteiger partial charge in [0.05, 0.1) is 23.8 Å². The van der Waals surface area contributed by atoms with E-state index in [9.17, 15) is 9.50 Å². The molecule has 3 aromatic rings. The first-order chi connectivity index (χ1) is 14.1. The average Bonchev–Trinajstić information content (AvgIpc) is 3.17. The van der Waals surface area contributed by atoms with Gasteiger partial charge in [0, 0.05) is 29.3 Å². The number of nitrogens with one attached hydrogen (secondary N) is 1. The molecule has 1 aliphatic heterocycles. The van der Waals surface area contributed by atoms with Gasteiger partial charge in [0.15, 0.2) is 0 Å². The lowest BCUT2D eigenvalue weighted by atomic mass is 10.0. The van der Waals surface area contributed by atoms with E-state index in [-0.39, 0.29) is 18.5 Å². The molecule has 2 heterocycles. The summed E-state index contributed by atoms with van der Waals surface area (Å²) in [6.07, 6.45) is 1.45. The van der Waals surface area contributed by atoms with Gasteiger partial charge in [-0.05, 0) is 50.2 Å². The molecule has 5 nitrogen and oxygen atoms in total. The van der Waals surface area contributed by atoms with Gasteiger partial charge in [-0.2, -0.15) is 0 Å². The average molecular weight is 416 g/mol. The maximum atomic E-state index is 12.6. The Labute approximate surface area is 174 Å². The highest BCUT2D eigenvalue weighted by Crippen LogP contribution is 2.37. The molecule has 154 valence electrons. The van der Waals surface area contributed by atoms with Crippen molar-refractivity contribution >= 4 is 22.8 Å². The fourth-order valence-electron chi connectivity index (χ4n) is 3.68. The molecule has 0 bridgehead atoms. The van der Waals surface area contributed by atoms with Crippen molar-refractivity contribution < 1.29 is 14.2 Å². The highest BCUT2D eigenvalue weighted by atomic mass is 32.2. The number of aromatic amines is 1. The number of piperidine rings is 1. The number of ether oxygens (including phenoxy) is 1. The second kappa shape index (κ2) is 9.15. The Kier molecular flexibility index (Phi) is 6.37. The van der Waals surface area contributed by atoms with Crippen LogP contribution in [0.25, 0.3) is 11.0 Å². The van der Waals surface area contributed by atoms with E-state index in [0.717, 1.165) is 41.9 Å². The van der Waals surface area contributed by atoms with Crippen LogP contribution in [0.3, 0.4) is 0 Å². The van der Waals surface area contributed by atoms with E-state index in [4.69, 9.17) is 9.72 Å². The molecule has 1 fully saturated rings. The summed E-state index contributed by atoms with van der Waals surface area (Å²) in [6, 6.07) is 13.2. The van der Waals surface area contributed by atoms with Gasteiger partial charge in [0.2, 0.25) is 0 Å². The number of phenols is 1. The Hall–Kier alpha value is -2.09. The lowest BCUT2D eigenvalue weighted by Gasteiger charge is -2.31. The fourth-order valence-corrected chi connectivity index (χ4v) is 4.37. The van der Waals surface area contributed by atoms with Crippen molar-refractivity contribution in [2.45, 2.75) is 29.9 Å². The number of H-pyrrole nitrogens is 1. The Morgan fingerprint density at radius 3 is 2.83 bits per heavy atom. The van der Waals surface area contributed by atoms with Crippen molar-refractivity contribution in [3.05, 3.63) is 53.9 Å². The summed E-state index contributed by atoms with van der Waals surface area (Å²) < 4.78 is 19.1. The highest BCUT2D eigenvalue weighted by Gasteiger charge is 2.28. The molecule has 0 saturated carbocycles. The quantitative estimate of drug-likeness (QED) is 0.555. The van der Waals surface area contributed by atoms with Crippen molar-refractivity contribution in [1.29, 1.82) is 0 Å². The van der Waals surface area contributed by atoms with Crippen molar-refractivity contribution in [2.24, 2.45) is 0 Å². The van der Waals surface area contributed by atoms with Crippen molar-refractivity contribution in [3.8, 4) is 5.75 Å². The summed E-state index contributed by atoms with van der Waals surface area (Å²) in [4.78, 5) is 11.3. The molecule has 0 radical (unpaired) electrons. The summed E-state index contributed by atoms with van der Waals surface area (Å²) in [5.74, 6) is 1.22. The summed E-state index contributed by atoms with van der Waals surface area (Å²) in [5.41, 5.74) is 2.45. The van der Waals surface area contributed by atoms with Crippen LogP contribution >= 0.6 is 11.8 Å². The number of para-hydroxylation sites is 2. The van der Waals surface area contributed by atoms with Crippen LogP contribution in [0.15, 0.2) is 47.4 Å². The van der Waals surface area contributed by atoms with E-state index in [1.54, 1.807) is 6.07 Å². The molecule has 1 unspecified atom stereocenters. The van der Waals surface area contributed by atoms with Gasteiger partial charge in [0.25, 0.3) is 0 Å². The normalized spacial score (nSPS) is 17.0. The Morgan fingerprint density at radius 2 is 2.07 bits per heavy atom. The third-order valence-electron chi connectivity index (χ3n) is 5.28. The number of aromatic hydroxyl groups is 1. The largest absolute Gasteiger partial charge is 0.508 e. The summed E-state index contributed by atoms with van der Waals surface area (Å²) >= 11 is 1.43. The van der Waals surface area contributed by atoms with E-state index in [1.807, 2.05) is 36.4 Å². The Bertz CT molecular complexity index is 923. The highest BCUT2D eigenvalue weighted by molar-refractivity contribution is 7.99. The number of likely N-dealkylation sites (tertiary alicyclic amines) is 1. The maximum absolute atomic E-state index is 12.6. The second-order valence-corrected chi connectivity index (χ2v) is 8.58. The number of fused-ring (bicyclic) bond motifs is 1. The minimum atomic E-state index is -0.512. The number of imidazole rings is 1. The molecule has 7 heteroatoms. The summed E-state index contributed by atoms with van der Waals surface area (Å²) in [7, 11) is 2.12. The minimum absolute atomic E-state index is 0.0889. The lowest BCUT2D eigenvalue weighted by Crippen LogP contribution is -2.35. The Morgan fingerprint density at radius 1 is 1.28 bits per heavy atom. The number of rotatable bonds is 7. The van der Waals surface area contributed by atoms with Gasteiger partial charge >= 0.3 is 0 Å². The topological polar surface area (TPSA) is 61.4 Å². The molecule has 1 atom stereocenters. The van der Waals surface area contributed by atoms with Crippen molar-refractivity contribution in [3.63, 3.8) is 0 Å². The van der Waals surface area contributed by atoms with E-state index >= 15 is 0 Å². The molecular weight excluding hydrogens is 389 g/mol. The number of thioether (sulfide) groups is 1. The summed E-state index contributed by atoms with van der Waals surface area (Å²) in [5, 5.41) is 10.6. The maximum Gasteiger partial charge on any atom is 0.144 e. The molecule has 1 aliphatic rings. The van der Waals surface area contributed by atoms with Gasteiger partial charge < -0.3 is 19.7 Å². The zero-order valence-corrected chi connectivity index (χ0v) is 17.3. The SMILES string of the molecule is CN1CCC(OC(c2nc3ccccc3[nH]2)c2cc(SCCF)ccc2O)CC1. The predicted octanol–water partition coefficient (Wildman–Crippen LogP) is 4.53. The third-order valence-corrected chi connectivity index (χ3v) is 6.22. The zero-order valence-electron chi connectivity index (χ0n) is 16.5. The molecule has 0 aliphatic carbocycles. The third kappa shape index (κ3) is 4.74. The first kappa shape index (κ1) is 20.2. The van der Waals surface area contributed by atoms with Crippen LogP contribution in [-0.4, -0.2) is 58.6 Å². The number of phenolic OH excluding ortho intramolecular Hbond substituents is 1. The molecule has 29 heavy (non-hydrogen) atoms.